The summed E-state index contributed by atoms with van der Waals surface area (Å²) in [6.07, 6.45) is 1.98. The van der Waals surface area contributed by atoms with Crippen LogP contribution in [-0.2, 0) is 6.42 Å². The number of thiophene rings is 1. The van der Waals surface area contributed by atoms with Crippen molar-refractivity contribution < 1.29 is 4.74 Å². The van der Waals surface area contributed by atoms with E-state index in [-0.39, 0.29) is 6.04 Å². The first-order chi connectivity index (χ1) is 8.70. The summed E-state index contributed by atoms with van der Waals surface area (Å²) in [4.78, 5) is 1.31. The zero-order chi connectivity index (χ0) is 13.0. The van der Waals surface area contributed by atoms with Crippen LogP contribution in [0.25, 0.3) is 0 Å². The molecule has 1 heterocycles. The second-order valence-corrected chi connectivity index (χ2v) is 5.41. The molecule has 2 aromatic rings. The number of ether oxygens (including phenoxy) is 1. The molecule has 0 aliphatic heterocycles. The Labute approximate surface area is 112 Å². The number of hydrogen-bond acceptors (Lipinski definition) is 3. The van der Waals surface area contributed by atoms with Gasteiger partial charge in [-0.05, 0) is 54.5 Å². The highest BCUT2D eigenvalue weighted by atomic mass is 32.1. The molecule has 0 saturated carbocycles. The molecule has 0 amide bonds. The maximum atomic E-state index is 6.23. The molecular weight excluding hydrogens is 242 g/mol. The molecule has 3 heteroatoms. The Morgan fingerprint density at radius 3 is 2.50 bits per heavy atom. The molecule has 0 spiro atoms. The molecule has 18 heavy (non-hydrogen) atoms. The van der Waals surface area contributed by atoms with Gasteiger partial charge in [-0.25, -0.2) is 0 Å². The van der Waals surface area contributed by atoms with E-state index in [1.54, 1.807) is 18.4 Å². The fourth-order valence-corrected chi connectivity index (χ4v) is 2.98. The molecule has 1 atom stereocenters. The van der Waals surface area contributed by atoms with E-state index >= 15 is 0 Å². The monoisotopic (exact) mass is 261 g/mol. The lowest BCUT2D eigenvalue weighted by Gasteiger charge is -2.11. The smallest absolute Gasteiger partial charge is 0.118 e. The molecule has 2 rings (SSSR count). The van der Waals surface area contributed by atoms with Gasteiger partial charge < -0.3 is 10.5 Å². The van der Waals surface area contributed by atoms with Gasteiger partial charge in [0.25, 0.3) is 0 Å². The summed E-state index contributed by atoms with van der Waals surface area (Å²) in [6, 6.07) is 10.5. The molecule has 0 bridgehead atoms. The first-order valence-electron chi connectivity index (χ1n) is 6.13. The first-order valence-corrected chi connectivity index (χ1v) is 7.01. The Bertz CT molecular complexity index is 489. The van der Waals surface area contributed by atoms with E-state index < -0.39 is 0 Å². The summed E-state index contributed by atoms with van der Waals surface area (Å²) >= 11 is 1.75. The SMILES string of the molecule is COc1ccc(CCC(N)c2sccc2C)cc1. The van der Waals surface area contributed by atoms with E-state index in [2.05, 4.69) is 30.5 Å². The van der Waals surface area contributed by atoms with Gasteiger partial charge >= 0.3 is 0 Å². The average molecular weight is 261 g/mol. The van der Waals surface area contributed by atoms with Gasteiger partial charge in [-0.15, -0.1) is 11.3 Å². The lowest BCUT2D eigenvalue weighted by molar-refractivity contribution is 0.414. The summed E-state index contributed by atoms with van der Waals surface area (Å²) < 4.78 is 5.15. The molecule has 0 saturated heterocycles. The van der Waals surface area contributed by atoms with Crippen LogP contribution in [0.5, 0.6) is 5.75 Å². The predicted molar refractivity (Wildman–Crippen MR) is 77.3 cm³/mol. The second kappa shape index (κ2) is 6.03. The van der Waals surface area contributed by atoms with Gasteiger partial charge in [-0.3, -0.25) is 0 Å². The number of aryl methyl sites for hydroxylation is 2. The summed E-state index contributed by atoms with van der Waals surface area (Å²) in [6.45, 7) is 2.12. The van der Waals surface area contributed by atoms with E-state index in [1.807, 2.05) is 12.1 Å². The molecule has 2 nitrogen and oxygen atoms in total. The van der Waals surface area contributed by atoms with Crippen LogP contribution in [0.1, 0.15) is 28.5 Å². The van der Waals surface area contributed by atoms with E-state index in [9.17, 15) is 0 Å². The number of hydrogen-bond donors (Lipinski definition) is 1. The third-order valence-electron chi connectivity index (χ3n) is 3.14. The Morgan fingerprint density at radius 2 is 1.94 bits per heavy atom. The first kappa shape index (κ1) is 13.1. The molecule has 96 valence electrons. The maximum absolute atomic E-state index is 6.23. The Balaban J connectivity index is 1.93. The van der Waals surface area contributed by atoms with Crippen molar-refractivity contribution in [1.29, 1.82) is 0 Å². The summed E-state index contributed by atoms with van der Waals surface area (Å²) in [5.74, 6) is 0.900. The molecule has 0 aliphatic rings. The highest BCUT2D eigenvalue weighted by Crippen LogP contribution is 2.25. The van der Waals surface area contributed by atoms with Gasteiger partial charge in [0.2, 0.25) is 0 Å². The number of rotatable bonds is 5. The summed E-state index contributed by atoms with van der Waals surface area (Å²) in [7, 11) is 1.69. The molecule has 1 aromatic heterocycles. The molecule has 1 aromatic carbocycles. The summed E-state index contributed by atoms with van der Waals surface area (Å²) in [5, 5.41) is 2.11. The minimum absolute atomic E-state index is 0.145. The molecule has 1 unspecified atom stereocenters. The van der Waals surface area contributed by atoms with Crippen molar-refractivity contribution in [2.75, 3.05) is 7.11 Å². The average Bonchev–Trinajstić information content (AvgIpc) is 2.83. The van der Waals surface area contributed by atoms with Crippen molar-refractivity contribution in [2.24, 2.45) is 5.73 Å². The third-order valence-corrected chi connectivity index (χ3v) is 4.29. The fourth-order valence-electron chi connectivity index (χ4n) is 2.01. The molecule has 0 fully saturated rings. The highest BCUT2D eigenvalue weighted by molar-refractivity contribution is 7.10. The van der Waals surface area contributed by atoms with E-state index in [0.29, 0.717) is 0 Å². The maximum Gasteiger partial charge on any atom is 0.118 e. The van der Waals surface area contributed by atoms with Gasteiger partial charge in [0.1, 0.15) is 5.75 Å². The molecule has 0 aliphatic carbocycles. The minimum atomic E-state index is 0.145. The Hall–Kier alpha value is -1.32. The van der Waals surface area contributed by atoms with Gasteiger partial charge in [0.05, 0.1) is 7.11 Å². The molecule has 2 N–H and O–H groups in total. The van der Waals surface area contributed by atoms with Crippen molar-refractivity contribution in [2.45, 2.75) is 25.8 Å². The van der Waals surface area contributed by atoms with Crippen LogP contribution in [0.3, 0.4) is 0 Å². The van der Waals surface area contributed by atoms with Crippen LogP contribution in [0.15, 0.2) is 35.7 Å². The van der Waals surface area contributed by atoms with Gasteiger partial charge in [0.15, 0.2) is 0 Å². The van der Waals surface area contributed by atoms with Crippen LogP contribution >= 0.6 is 11.3 Å². The normalized spacial score (nSPS) is 12.4. The quantitative estimate of drug-likeness (QED) is 0.890. The van der Waals surface area contributed by atoms with E-state index in [4.69, 9.17) is 10.5 Å². The highest BCUT2D eigenvalue weighted by Gasteiger charge is 2.10. The lowest BCUT2D eigenvalue weighted by Crippen LogP contribution is -2.10. The van der Waals surface area contributed by atoms with Crippen LogP contribution in [0.4, 0.5) is 0 Å². The third kappa shape index (κ3) is 3.12. The fraction of sp³-hybridized carbons (Fsp3) is 0.333. The lowest BCUT2D eigenvalue weighted by atomic mass is 10.0. The van der Waals surface area contributed by atoms with Crippen LogP contribution in [0.2, 0.25) is 0 Å². The van der Waals surface area contributed by atoms with E-state index in [1.165, 1.54) is 16.0 Å². The van der Waals surface area contributed by atoms with Crippen LogP contribution in [-0.4, -0.2) is 7.11 Å². The van der Waals surface area contributed by atoms with Crippen molar-refractivity contribution in [1.82, 2.24) is 0 Å². The predicted octanol–water partition coefficient (Wildman–Crippen LogP) is 3.70. The van der Waals surface area contributed by atoms with Crippen molar-refractivity contribution in [3.05, 3.63) is 51.7 Å². The van der Waals surface area contributed by atoms with Gasteiger partial charge in [-0.1, -0.05) is 12.1 Å². The van der Waals surface area contributed by atoms with E-state index in [0.717, 1.165) is 18.6 Å². The van der Waals surface area contributed by atoms with Crippen molar-refractivity contribution in [3.63, 3.8) is 0 Å². The van der Waals surface area contributed by atoms with Crippen LogP contribution in [0, 0.1) is 6.92 Å². The Morgan fingerprint density at radius 1 is 1.22 bits per heavy atom. The number of nitrogens with two attached hydrogens (primary N) is 1. The molecular formula is C15H19NOS. The van der Waals surface area contributed by atoms with Gasteiger partial charge in [-0.2, -0.15) is 0 Å². The van der Waals surface area contributed by atoms with Crippen LogP contribution < -0.4 is 10.5 Å². The van der Waals surface area contributed by atoms with Gasteiger partial charge in [0, 0.05) is 10.9 Å². The van der Waals surface area contributed by atoms with Crippen molar-refractivity contribution in [3.8, 4) is 5.75 Å². The zero-order valence-corrected chi connectivity index (χ0v) is 11.7. The summed E-state index contributed by atoms with van der Waals surface area (Å²) in [5.41, 5.74) is 8.84. The standard InChI is InChI=1S/C15H19NOS/c1-11-9-10-18-15(11)14(16)8-5-12-3-6-13(17-2)7-4-12/h3-4,6-7,9-10,14H,5,8,16H2,1-2H3. The van der Waals surface area contributed by atoms with Crippen molar-refractivity contribution >= 4 is 11.3 Å². The topological polar surface area (TPSA) is 35.2 Å². The minimum Gasteiger partial charge on any atom is -0.497 e. The number of benzene rings is 1. The second-order valence-electron chi connectivity index (χ2n) is 4.46. The number of methoxy groups -OCH3 is 1. The largest absolute Gasteiger partial charge is 0.497 e. The molecule has 0 radical (unpaired) electrons. The zero-order valence-electron chi connectivity index (χ0n) is 10.8. The Kier molecular flexibility index (Phi) is 4.39.